The number of pyridine rings is 1. The number of amides is 2. The van der Waals surface area contributed by atoms with Gasteiger partial charge < -0.3 is 10.1 Å². The van der Waals surface area contributed by atoms with E-state index in [2.05, 4.69) is 16.4 Å². The molecule has 1 aromatic carbocycles. The molecule has 1 aliphatic rings. The molecule has 1 atom stereocenters. The van der Waals surface area contributed by atoms with Gasteiger partial charge in [0.25, 0.3) is 0 Å². The first-order valence-corrected chi connectivity index (χ1v) is 11.4. The molecular formula is C24H26N4O3S. The molecule has 0 unspecified atom stereocenters. The number of nitriles is 1. The van der Waals surface area contributed by atoms with Crippen molar-refractivity contribution < 1.29 is 14.3 Å². The standard InChI is InChI=1S/C24H26N4O3S/c1-5-28-19(14-32-22-18(13-25)15(3)12-16(4)26-22)20(23(29)31-6-2)21(27-24(28)30)17-10-8-7-9-11-17/h7-12,21H,5-6,14H2,1-4H3,(H,27,30)/t21-/m0/s1. The van der Waals surface area contributed by atoms with Crippen LogP contribution in [0.4, 0.5) is 4.79 Å². The molecule has 0 saturated heterocycles. The van der Waals surface area contributed by atoms with Crippen LogP contribution in [0.5, 0.6) is 0 Å². The third-order valence-corrected chi connectivity index (χ3v) is 6.14. The summed E-state index contributed by atoms with van der Waals surface area (Å²) in [5.41, 5.74) is 3.91. The second-order valence-corrected chi connectivity index (χ2v) is 8.24. The van der Waals surface area contributed by atoms with Crippen LogP contribution < -0.4 is 5.32 Å². The first kappa shape index (κ1) is 23.4. The zero-order valence-electron chi connectivity index (χ0n) is 18.6. The first-order valence-electron chi connectivity index (χ1n) is 10.4. The summed E-state index contributed by atoms with van der Waals surface area (Å²) < 4.78 is 5.37. The number of carbonyl (C=O) groups is 2. The number of hydrogen-bond acceptors (Lipinski definition) is 6. The smallest absolute Gasteiger partial charge is 0.338 e. The van der Waals surface area contributed by atoms with E-state index in [1.54, 1.807) is 11.8 Å². The molecule has 1 aromatic heterocycles. The number of urea groups is 1. The minimum atomic E-state index is -0.621. The maximum absolute atomic E-state index is 13.1. The van der Waals surface area contributed by atoms with Gasteiger partial charge in [0, 0.05) is 23.7 Å². The summed E-state index contributed by atoms with van der Waals surface area (Å²) in [6.45, 7) is 7.96. The van der Waals surface area contributed by atoms with E-state index in [-0.39, 0.29) is 12.6 Å². The third kappa shape index (κ3) is 4.78. The molecule has 0 spiro atoms. The normalized spacial score (nSPS) is 15.9. The Bertz CT molecular complexity index is 1090. The fourth-order valence-electron chi connectivity index (χ4n) is 3.72. The summed E-state index contributed by atoms with van der Waals surface area (Å²) in [6, 6.07) is 12.5. The van der Waals surface area contributed by atoms with Gasteiger partial charge in [-0.15, -0.1) is 0 Å². The van der Waals surface area contributed by atoms with Crippen molar-refractivity contribution in [3.63, 3.8) is 0 Å². The van der Waals surface area contributed by atoms with E-state index in [0.717, 1.165) is 16.8 Å². The largest absolute Gasteiger partial charge is 0.463 e. The Morgan fingerprint density at radius 1 is 1.28 bits per heavy atom. The number of aromatic nitrogens is 1. The lowest BCUT2D eigenvalue weighted by Crippen LogP contribution is -2.49. The lowest BCUT2D eigenvalue weighted by Gasteiger charge is -2.36. The van der Waals surface area contributed by atoms with Crippen molar-refractivity contribution in [2.45, 2.75) is 38.8 Å². The second kappa shape index (κ2) is 10.3. The molecule has 166 valence electrons. The highest BCUT2D eigenvalue weighted by molar-refractivity contribution is 7.99. The number of hydrogen-bond donors (Lipinski definition) is 1. The molecule has 1 N–H and O–H groups in total. The Balaban J connectivity index is 2.10. The molecule has 0 saturated carbocycles. The minimum absolute atomic E-state index is 0.224. The number of carbonyl (C=O) groups excluding carboxylic acids is 2. The molecule has 0 aliphatic carbocycles. The summed E-state index contributed by atoms with van der Waals surface area (Å²) >= 11 is 1.34. The van der Waals surface area contributed by atoms with Crippen LogP contribution in [0.2, 0.25) is 0 Å². The van der Waals surface area contributed by atoms with Gasteiger partial charge >= 0.3 is 12.0 Å². The molecular weight excluding hydrogens is 424 g/mol. The summed E-state index contributed by atoms with van der Waals surface area (Å²) in [4.78, 5) is 32.1. The van der Waals surface area contributed by atoms with E-state index in [1.165, 1.54) is 11.8 Å². The number of benzene rings is 1. The van der Waals surface area contributed by atoms with Gasteiger partial charge in [-0.05, 0) is 44.9 Å². The van der Waals surface area contributed by atoms with Crippen LogP contribution in [0.25, 0.3) is 0 Å². The Morgan fingerprint density at radius 2 is 2.00 bits per heavy atom. The average Bonchev–Trinajstić information content (AvgIpc) is 2.77. The molecule has 0 radical (unpaired) electrons. The minimum Gasteiger partial charge on any atom is -0.463 e. The van der Waals surface area contributed by atoms with E-state index in [4.69, 9.17) is 4.74 Å². The Morgan fingerprint density at radius 3 is 2.62 bits per heavy atom. The summed E-state index contributed by atoms with van der Waals surface area (Å²) in [7, 11) is 0. The Labute approximate surface area is 192 Å². The third-order valence-electron chi connectivity index (χ3n) is 5.15. The summed E-state index contributed by atoms with van der Waals surface area (Å²) in [6.07, 6.45) is 0. The molecule has 2 amide bonds. The van der Waals surface area contributed by atoms with Crippen LogP contribution >= 0.6 is 11.8 Å². The van der Waals surface area contributed by atoms with Crippen molar-refractivity contribution in [3.05, 3.63) is 70.1 Å². The van der Waals surface area contributed by atoms with Crippen molar-refractivity contribution in [1.82, 2.24) is 15.2 Å². The van der Waals surface area contributed by atoms with Crippen molar-refractivity contribution in [2.75, 3.05) is 18.9 Å². The van der Waals surface area contributed by atoms with Crippen molar-refractivity contribution in [3.8, 4) is 6.07 Å². The Kier molecular flexibility index (Phi) is 7.54. The number of thioether (sulfide) groups is 1. The van der Waals surface area contributed by atoms with Crippen LogP contribution in [-0.4, -0.2) is 40.8 Å². The van der Waals surface area contributed by atoms with Crippen LogP contribution in [0.1, 0.15) is 42.3 Å². The number of aryl methyl sites for hydroxylation is 2. The molecule has 2 aromatic rings. The average molecular weight is 451 g/mol. The highest BCUT2D eigenvalue weighted by atomic mass is 32.2. The van der Waals surface area contributed by atoms with Crippen LogP contribution in [-0.2, 0) is 9.53 Å². The first-order chi connectivity index (χ1) is 15.4. The van der Waals surface area contributed by atoms with Gasteiger partial charge in [-0.3, -0.25) is 4.90 Å². The molecule has 2 heterocycles. The van der Waals surface area contributed by atoms with Gasteiger partial charge in [0.05, 0.1) is 23.8 Å². The molecule has 0 bridgehead atoms. The quantitative estimate of drug-likeness (QED) is 0.500. The van der Waals surface area contributed by atoms with Gasteiger partial charge in [0.2, 0.25) is 0 Å². The van der Waals surface area contributed by atoms with Gasteiger partial charge in [0.1, 0.15) is 11.1 Å². The van der Waals surface area contributed by atoms with Crippen molar-refractivity contribution in [1.29, 1.82) is 5.26 Å². The molecule has 3 rings (SSSR count). The van der Waals surface area contributed by atoms with Crippen molar-refractivity contribution >= 4 is 23.8 Å². The fourth-order valence-corrected chi connectivity index (χ4v) is 4.86. The van der Waals surface area contributed by atoms with E-state index < -0.39 is 12.0 Å². The van der Waals surface area contributed by atoms with Gasteiger partial charge in [-0.25, -0.2) is 14.6 Å². The van der Waals surface area contributed by atoms with E-state index in [0.29, 0.717) is 34.2 Å². The lowest BCUT2D eigenvalue weighted by molar-refractivity contribution is -0.139. The number of ether oxygens (including phenoxy) is 1. The number of esters is 1. The number of nitrogens with zero attached hydrogens (tertiary/aromatic N) is 3. The number of rotatable bonds is 7. The monoisotopic (exact) mass is 450 g/mol. The molecule has 8 heteroatoms. The molecule has 1 aliphatic heterocycles. The van der Waals surface area contributed by atoms with Crippen LogP contribution in [0.15, 0.2) is 52.7 Å². The predicted octanol–water partition coefficient (Wildman–Crippen LogP) is 4.27. The molecule has 7 nitrogen and oxygen atoms in total. The van der Waals surface area contributed by atoms with Gasteiger partial charge in [-0.2, -0.15) is 5.26 Å². The molecule has 0 fully saturated rings. The fraction of sp³-hybridized carbons (Fsp3) is 0.333. The predicted molar refractivity (Wildman–Crippen MR) is 123 cm³/mol. The van der Waals surface area contributed by atoms with Crippen LogP contribution in [0.3, 0.4) is 0 Å². The summed E-state index contributed by atoms with van der Waals surface area (Å²) in [5, 5.41) is 13.1. The maximum atomic E-state index is 13.1. The van der Waals surface area contributed by atoms with Gasteiger partial charge in [-0.1, -0.05) is 42.1 Å². The van der Waals surface area contributed by atoms with E-state index >= 15 is 0 Å². The Hall–Kier alpha value is -3.31. The number of nitrogens with one attached hydrogen (secondary N) is 1. The van der Waals surface area contributed by atoms with Gasteiger partial charge in [0.15, 0.2) is 0 Å². The van der Waals surface area contributed by atoms with E-state index in [1.807, 2.05) is 57.2 Å². The second-order valence-electron chi connectivity index (χ2n) is 7.28. The SMILES string of the molecule is CCOC(=O)C1=C(CSc2nc(C)cc(C)c2C#N)N(CC)C(=O)N[C@H]1c1ccccc1. The lowest BCUT2D eigenvalue weighted by atomic mass is 9.95. The van der Waals surface area contributed by atoms with Crippen LogP contribution in [0, 0.1) is 25.2 Å². The topological polar surface area (TPSA) is 95.3 Å². The highest BCUT2D eigenvalue weighted by Crippen LogP contribution is 2.35. The zero-order valence-corrected chi connectivity index (χ0v) is 19.5. The van der Waals surface area contributed by atoms with E-state index in [9.17, 15) is 14.9 Å². The van der Waals surface area contributed by atoms with Crippen molar-refractivity contribution in [2.24, 2.45) is 0 Å². The zero-order chi connectivity index (χ0) is 23.3. The summed E-state index contributed by atoms with van der Waals surface area (Å²) in [5.74, 6) is -0.173. The highest BCUT2D eigenvalue weighted by Gasteiger charge is 2.37. The maximum Gasteiger partial charge on any atom is 0.338 e. The molecule has 32 heavy (non-hydrogen) atoms.